The molecule has 2 N–H and O–H groups in total. The van der Waals surface area contributed by atoms with Crippen LogP contribution in [-0.2, 0) is 11.2 Å². The molecule has 0 spiro atoms. The van der Waals surface area contributed by atoms with Gasteiger partial charge in [-0.15, -0.1) is 0 Å². The lowest BCUT2D eigenvalue weighted by molar-refractivity contribution is -0.122. The van der Waals surface area contributed by atoms with Gasteiger partial charge in [0.15, 0.2) is 0 Å². The number of halogens is 2. The van der Waals surface area contributed by atoms with E-state index in [4.69, 9.17) is 0 Å². The summed E-state index contributed by atoms with van der Waals surface area (Å²) in [5, 5.41) is 6.37. The molecular formula is C16H22F2N2O2. The van der Waals surface area contributed by atoms with Gasteiger partial charge in [-0.2, -0.15) is 8.78 Å². The van der Waals surface area contributed by atoms with Gasteiger partial charge in [-0.25, -0.2) is 0 Å². The summed E-state index contributed by atoms with van der Waals surface area (Å²) >= 11 is 0. The van der Waals surface area contributed by atoms with Gasteiger partial charge in [0, 0.05) is 12.5 Å². The first-order valence-corrected chi connectivity index (χ1v) is 7.58. The van der Waals surface area contributed by atoms with E-state index in [-0.39, 0.29) is 17.7 Å². The summed E-state index contributed by atoms with van der Waals surface area (Å²) in [4.78, 5) is 12.0. The van der Waals surface area contributed by atoms with Gasteiger partial charge >= 0.3 is 6.61 Å². The van der Waals surface area contributed by atoms with Crippen molar-refractivity contribution in [1.82, 2.24) is 10.6 Å². The van der Waals surface area contributed by atoms with Crippen molar-refractivity contribution in [2.75, 3.05) is 13.1 Å². The fourth-order valence-corrected chi connectivity index (χ4v) is 2.60. The Bertz CT molecular complexity index is 480. The minimum absolute atomic E-state index is 0.0339. The first-order chi connectivity index (χ1) is 10.5. The fraction of sp³-hybridized carbons (Fsp3) is 0.562. The van der Waals surface area contributed by atoms with Crippen molar-refractivity contribution in [3.05, 3.63) is 29.8 Å². The molecule has 1 saturated heterocycles. The summed E-state index contributed by atoms with van der Waals surface area (Å²) in [5.41, 5.74) is 0.926. The lowest BCUT2D eigenvalue weighted by Gasteiger charge is -2.30. The maximum absolute atomic E-state index is 12.0. The van der Waals surface area contributed by atoms with Crippen LogP contribution in [0, 0.1) is 5.92 Å². The smallest absolute Gasteiger partial charge is 0.387 e. The number of amides is 1. The number of hydrogen-bond acceptors (Lipinski definition) is 3. The van der Waals surface area contributed by atoms with Crippen LogP contribution in [0.4, 0.5) is 8.78 Å². The van der Waals surface area contributed by atoms with E-state index < -0.39 is 6.61 Å². The van der Waals surface area contributed by atoms with E-state index >= 15 is 0 Å². The summed E-state index contributed by atoms with van der Waals surface area (Å²) in [5.74, 6) is 0.599. The summed E-state index contributed by atoms with van der Waals surface area (Å²) in [6.07, 6.45) is 1.93. The van der Waals surface area contributed by atoms with Gasteiger partial charge in [0.05, 0.1) is 0 Å². The van der Waals surface area contributed by atoms with Gasteiger partial charge in [0.2, 0.25) is 5.91 Å². The van der Waals surface area contributed by atoms with Crippen LogP contribution >= 0.6 is 0 Å². The molecule has 1 aromatic rings. The molecule has 0 aliphatic carbocycles. The molecule has 4 nitrogen and oxygen atoms in total. The highest BCUT2D eigenvalue weighted by Crippen LogP contribution is 2.16. The zero-order valence-electron chi connectivity index (χ0n) is 12.6. The Labute approximate surface area is 129 Å². The third kappa shape index (κ3) is 5.26. The van der Waals surface area contributed by atoms with E-state index in [1.54, 1.807) is 12.1 Å². The average molecular weight is 312 g/mol. The van der Waals surface area contributed by atoms with E-state index in [0.717, 1.165) is 25.1 Å². The summed E-state index contributed by atoms with van der Waals surface area (Å²) < 4.78 is 28.4. The molecule has 0 saturated carbocycles. The molecule has 2 atom stereocenters. The molecule has 2 rings (SSSR count). The average Bonchev–Trinajstić information content (AvgIpc) is 2.48. The lowest BCUT2D eigenvalue weighted by Crippen LogP contribution is -2.48. The third-order valence-corrected chi connectivity index (χ3v) is 3.92. The number of carbonyl (C=O) groups excluding carboxylic acids is 1. The minimum atomic E-state index is -2.82. The molecule has 22 heavy (non-hydrogen) atoms. The Morgan fingerprint density at radius 2 is 2.14 bits per heavy atom. The maximum Gasteiger partial charge on any atom is 0.387 e. The molecule has 6 heteroatoms. The monoisotopic (exact) mass is 312 g/mol. The van der Waals surface area contributed by atoms with Crippen molar-refractivity contribution >= 4 is 5.91 Å². The number of nitrogens with one attached hydrogen (secondary N) is 2. The van der Waals surface area contributed by atoms with Crippen molar-refractivity contribution in [2.45, 2.75) is 38.8 Å². The van der Waals surface area contributed by atoms with Gasteiger partial charge in [0.1, 0.15) is 5.75 Å². The lowest BCUT2D eigenvalue weighted by atomic mass is 9.95. The van der Waals surface area contributed by atoms with Crippen LogP contribution in [0.25, 0.3) is 0 Å². The van der Waals surface area contributed by atoms with Crippen molar-refractivity contribution in [2.24, 2.45) is 5.92 Å². The van der Waals surface area contributed by atoms with Crippen LogP contribution in [0.5, 0.6) is 5.75 Å². The Morgan fingerprint density at radius 3 is 2.77 bits per heavy atom. The Kier molecular flexibility index (Phi) is 6.12. The third-order valence-electron chi connectivity index (χ3n) is 3.92. The van der Waals surface area contributed by atoms with Crippen LogP contribution in [-0.4, -0.2) is 31.7 Å². The molecule has 0 aromatic heterocycles. The molecule has 1 aliphatic rings. The molecule has 1 fully saturated rings. The maximum atomic E-state index is 12.0. The van der Waals surface area contributed by atoms with Gasteiger partial charge in [-0.3, -0.25) is 4.79 Å². The number of carbonyl (C=O) groups is 1. The quantitative estimate of drug-likeness (QED) is 0.848. The molecule has 1 heterocycles. The predicted molar refractivity (Wildman–Crippen MR) is 80.0 cm³/mol. The molecule has 0 bridgehead atoms. The summed E-state index contributed by atoms with van der Waals surface area (Å²) in [7, 11) is 0. The number of benzene rings is 1. The number of aryl methyl sites for hydroxylation is 1. The number of rotatable bonds is 6. The second kappa shape index (κ2) is 8.08. The second-order valence-electron chi connectivity index (χ2n) is 5.67. The molecule has 0 radical (unpaired) electrons. The van der Waals surface area contributed by atoms with Crippen LogP contribution in [0.15, 0.2) is 24.3 Å². The molecule has 1 aromatic carbocycles. The minimum Gasteiger partial charge on any atom is -0.435 e. The SMILES string of the molecule is CC1CNCCC1NC(=O)CCc1ccc(OC(F)F)cc1. The van der Waals surface area contributed by atoms with E-state index in [9.17, 15) is 13.6 Å². The summed E-state index contributed by atoms with van der Waals surface area (Å²) in [6, 6.07) is 6.63. The van der Waals surface area contributed by atoms with Crippen LogP contribution in [0.3, 0.4) is 0 Å². The van der Waals surface area contributed by atoms with Crippen LogP contribution in [0.2, 0.25) is 0 Å². The number of piperidine rings is 1. The summed E-state index contributed by atoms with van der Waals surface area (Å²) in [6.45, 7) is 1.17. The van der Waals surface area contributed by atoms with Crippen molar-refractivity contribution in [1.29, 1.82) is 0 Å². The van der Waals surface area contributed by atoms with Gasteiger partial charge < -0.3 is 15.4 Å². The Morgan fingerprint density at radius 1 is 1.41 bits per heavy atom. The molecular weight excluding hydrogens is 290 g/mol. The zero-order chi connectivity index (χ0) is 15.9. The second-order valence-corrected chi connectivity index (χ2v) is 5.67. The first-order valence-electron chi connectivity index (χ1n) is 7.58. The van der Waals surface area contributed by atoms with Crippen LogP contribution in [0.1, 0.15) is 25.3 Å². The standard InChI is InChI=1S/C16H22F2N2O2/c1-11-10-19-9-8-14(11)20-15(21)7-4-12-2-5-13(6-3-12)22-16(17)18/h2-3,5-6,11,14,16,19H,4,7-10H2,1H3,(H,20,21). The normalized spacial score (nSPS) is 21.6. The highest BCUT2D eigenvalue weighted by molar-refractivity contribution is 5.76. The molecule has 2 unspecified atom stereocenters. The predicted octanol–water partition coefficient (Wildman–Crippen LogP) is 2.33. The number of ether oxygens (including phenoxy) is 1. The fourth-order valence-electron chi connectivity index (χ4n) is 2.60. The van der Waals surface area contributed by atoms with E-state index in [1.807, 2.05) is 0 Å². The Balaban J connectivity index is 1.76. The molecule has 1 amide bonds. The van der Waals surface area contributed by atoms with Gasteiger partial charge in [0.25, 0.3) is 0 Å². The number of hydrogen-bond donors (Lipinski definition) is 2. The van der Waals surface area contributed by atoms with E-state index in [0.29, 0.717) is 18.8 Å². The number of alkyl halides is 2. The van der Waals surface area contributed by atoms with Crippen molar-refractivity contribution < 1.29 is 18.3 Å². The largest absolute Gasteiger partial charge is 0.435 e. The van der Waals surface area contributed by atoms with Crippen LogP contribution < -0.4 is 15.4 Å². The van der Waals surface area contributed by atoms with E-state index in [2.05, 4.69) is 22.3 Å². The highest BCUT2D eigenvalue weighted by atomic mass is 19.3. The van der Waals surface area contributed by atoms with Crippen molar-refractivity contribution in [3.63, 3.8) is 0 Å². The van der Waals surface area contributed by atoms with Crippen molar-refractivity contribution in [3.8, 4) is 5.75 Å². The Hall–Kier alpha value is -1.69. The zero-order valence-corrected chi connectivity index (χ0v) is 12.6. The highest BCUT2D eigenvalue weighted by Gasteiger charge is 2.22. The topological polar surface area (TPSA) is 50.4 Å². The molecule has 122 valence electrons. The van der Waals surface area contributed by atoms with E-state index in [1.165, 1.54) is 12.1 Å². The van der Waals surface area contributed by atoms with Gasteiger partial charge in [-0.05, 0) is 49.5 Å². The van der Waals surface area contributed by atoms with Gasteiger partial charge in [-0.1, -0.05) is 19.1 Å². The molecule has 1 aliphatic heterocycles. The first kappa shape index (κ1) is 16.7.